The highest BCUT2D eigenvalue weighted by Gasteiger charge is 2.20. The van der Waals surface area contributed by atoms with Gasteiger partial charge in [-0.3, -0.25) is 0 Å². The van der Waals surface area contributed by atoms with Crippen molar-refractivity contribution in [1.82, 2.24) is 4.98 Å². The number of nitrogens with zero attached hydrogens (tertiary/aromatic N) is 1. The van der Waals surface area contributed by atoms with E-state index in [0.717, 1.165) is 33.3 Å². The molecule has 0 aliphatic heterocycles. The molecule has 0 saturated heterocycles. The number of hydrogen-bond acceptors (Lipinski definition) is 2. The monoisotopic (exact) mass is 365 g/mol. The Morgan fingerprint density at radius 1 is 0.750 bits per heavy atom. The third-order valence-electron chi connectivity index (χ3n) is 5.79. The standard InChI is InChI=1S/C26H23NO/c1-14-10-15(2)12-19(11-14)25-26-23(20-8-6-7-9-21(20)28-26)22-18(5)16(3)13-17(4)24(22)27-25/h6-13H,1-5H3. The summed E-state index contributed by atoms with van der Waals surface area (Å²) in [6, 6.07) is 17.1. The molecule has 28 heavy (non-hydrogen) atoms. The van der Waals surface area contributed by atoms with E-state index in [-0.39, 0.29) is 0 Å². The number of hydrogen-bond donors (Lipinski definition) is 0. The maximum atomic E-state index is 6.40. The van der Waals surface area contributed by atoms with E-state index < -0.39 is 0 Å². The van der Waals surface area contributed by atoms with Gasteiger partial charge in [-0.05, 0) is 69.5 Å². The van der Waals surface area contributed by atoms with Crippen molar-refractivity contribution < 1.29 is 4.42 Å². The van der Waals surface area contributed by atoms with Crippen LogP contribution in [0.3, 0.4) is 0 Å². The summed E-state index contributed by atoms with van der Waals surface area (Å²) >= 11 is 0. The van der Waals surface area contributed by atoms with E-state index >= 15 is 0 Å². The van der Waals surface area contributed by atoms with Crippen LogP contribution in [0.1, 0.15) is 27.8 Å². The minimum atomic E-state index is 0.881. The van der Waals surface area contributed by atoms with Crippen molar-refractivity contribution >= 4 is 32.8 Å². The average molecular weight is 365 g/mol. The molecule has 0 aliphatic rings. The van der Waals surface area contributed by atoms with Gasteiger partial charge in [-0.1, -0.05) is 41.5 Å². The van der Waals surface area contributed by atoms with Gasteiger partial charge in [-0.25, -0.2) is 4.98 Å². The largest absolute Gasteiger partial charge is 0.454 e. The van der Waals surface area contributed by atoms with Gasteiger partial charge in [0.15, 0.2) is 5.58 Å². The van der Waals surface area contributed by atoms with Crippen LogP contribution in [0.5, 0.6) is 0 Å². The summed E-state index contributed by atoms with van der Waals surface area (Å²) in [4.78, 5) is 5.16. The molecule has 0 fully saturated rings. The number of pyridine rings is 1. The second-order valence-corrected chi connectivity index (χ2v) is 8.00. The first-order valence-corrected chi connectivity index (χ1v) is 9.74. The lowest BCUT2D eigenvalue weighted by Gasteiger charge is -2.13. The molecule has 2 heteroatoms. The number of aromatic nitrogens is 1. The summed E-state index contributed by atoms with van der Waals surface area (Å²) in [5.41, 5.74) is 11.1. The first-order valence-electron chi connectivity index (χ1n) is 9.74. The predicted molar refractivity (Wildman–Crippen MR) is 118 cm³/mol. The summed E-state index contributed by atoms with van der Waals surface area (Å²) < 4.78 is 6.40. The smallest absolute Gasteiger partial charge is 0.162 e. The molecule has 2 heterocycles. The molecule has 0 bridgehead atoms. The summed E-state index contributed by atoms with van der Waals surface area (Å²) in [5.74, 6) is 0. The third kappa shape index (κ3) is 2.37. The number of para-hydroxylation sites is 1. The van der Waals surface area contributed by atoms with Crippen LogP contribution in [-0.2, 0) is 0 Å². The number of aryl methyl sites for hydroxylation is 5. The van der Waals surface area contributed by atoms with E-state index in [0.29, 0.717) is 0 Å². The van der Waals surface area contributed by atoms with Crippen LogP contribution >= 0.6 is 0 Å². The molecule has 0 unspecified atom stereocenters. The van der Waals surface area contributed by atoms with Crippen molar-refractivity contribution in [3.05, 3.63) is 76.3 Å². The summed E-state index contributed by atoms with van der Waals surface area (Å²) in [7, 11) is 0. The van der Waals surface area contributed by atoms with E-state index in [9.17, 15) is 0 Å². The van der Waals surface area contributed by atoms with Crippen LogP contribution in [0.25, 0.3) is 44.1 Å². The van der Waals surface area contributed by atoms with Gasteiger partial charge in [-0.15, -0.1) is 0 Å². The Morgan fingerprint density at radius 2 is 1.46 bits per heavy atom. The molecule has 0 aliphatic carbocycles. The normalized spacial score (nSPS) is 11.8. The number of rotatable bonds is 1. The van der Waals surface area contributed by atoms with Crippen molar-refractivity contribution in [3.63, 3.8) is 0 Å². The molecule has 5 aromatic rings. The summed E-state index contributed by atoms with van der Waals surface area (Å²) in [6.45, 7) is 10.8. The van der Waals surface area contributed by atoms with Crippen LogP contribution in [0.15, 0.2) is 52.9 Å². The van der Waals surface area contributed by atoms with Crippen molar-refractivity contribution in [2.24, 2.45) is 0 Å². The van der Waals surface area contributed by atoms with Crippen LogP contribution < -0.4 is 0 Å². The van der Waals surface area contributed by atoms with Crippen molar-refractivity contribution in [2.45, 2.75) is 34.6 Å². The maximum Gasteiger partial charge on any atom is 0.162 e. The minimum absolute atomic E-state index is 0.881. The Balaban J connectivity index is 2.07. The second kappa shape index (κ2) is 5.93. The van der Waals surface area contributed by atoms with Gasteiger partial charge >= 0.3 is 0 Å². The zero-order chi connectivity index (χ0) is 19.6. The second-order valence-electron chi connectivity index (χ2n) is 8.00. The Bertz CT molecular complexity index is 1390. The molecule has 138 valence electrons. The highest BCUT2D eigenvalue weighted by Crippen LogP contribution is 2.41. The zero-order valence-electron chi connectivity index (χ0n) is 17.0. The van der Waals surface area contributed by atoms with Crippen LogP contribution in [0, 0.1) is 34.6 Å². The van der Waals surface area contributed by atoms with Gasteiger partial charge in [0.25, 0.3) is 0 Å². The minimum Gasteiger partial charge on any atom is -0.454 e. The molecular formula is C26H23NO. The van der Waals surface area contributed by atoms with Crippen LogP contribution in [0.2, 0.25) is 0 Å². The summed E-state index contributed by atoms with van der Waals surface area (Å²) in [6.07, 6.45) is 0. The van der Waals surface area contributed by atoms with E-state index in [4.69, 9.17) is 9.40 Å². The SMILES string of the molecule is Cc1cc(C)cc(-c2nc3c(C)cc(C)c(C)c3c3c2oc2ccccc23)c1. The third-order valence-corrected chi connectivity index (χ3v) is 5.79. The van der Waals surface area contributed by atoms with Gasteiger partial charge in [0.1, 0.15) is 11.3 Å². The molecule has 3 aromatic carbocycles. The highest BCUT2D eigenvalue weighted by atomic mass is 16.3. The van der Waals surface area contributed by atoms with Crippen LogP contribution in [0.4, 0.5) is 0 Å². The summed E-state index contributed by atoms with van der Waals surface area (Å²) in [5, 5.41) is 3.55. The molecule has 5 rings (SSSR count). The molecule has 0 amide bonds. The van der Waals surface area contributed by atoms with Crippen molar-refractivity contribution in [2.75, 3.05) is 0 Å². The average Bonchev–Trinajstić information content (AvgIpc) is 3.04. The lowest BCUT2D eigenvalue weighted by molar-refractivity contribution is 0.668. The lowest BCUT2D eigenvalue weighted by Crippen LogP contribution is -1.95. The highest BCUT2D eigenvalue weighted by molar-refractivity contribution is 6.22. The zero-order valence-corrected chi connectivity index (χ0v) is 17.0. The van der Waals surface area contributed by atoms with Gasteiger partial charge in [-0.2, -0.15) is 0 Å². The molecular weight excluding hydrogens is 342 g/mol. The topological polar surface area (TPSA) is 26.0 Å². The number of fused-ring (bicyclic) bond motifs is 5. The van der Waals surface area contributed by atoms with Gasteiger partial charge in [0, 0.05) is 21.7 Å². The van der Waals surface area contributed by atoms with Gasteiger partial charge < -0.3 is 4.42 Å². The molecule has 0 atom stereocenters. The van der Waals surface area contributed by atoms with E-state index in [2.05, 4.69) is 71.0 Å². The van der Waals surface area contributed by atoms with Crippen LogP contribution in [-0.4, -0.2) is 4.98 Å². The first kappa shape index (κ1) is 17.0. The molecule has 0 N–H and O–H groups in total. The first-order chi connectivity index (χ1) is 13.4. The fourth-order valence-corrected chi connectivity index (χ4v) is 4.45. The van der Waals surface area contributed by atoms with E-state index in [1.807, 2.05) is 12.1 Å². The fraction of sp³-hybridized carbons (Fsp3) is 0.192. The van der Waals surface area contributed by atoms with E-state index in [1.165, 1.54) is 38.6 Å². The Labute approximate surface area is 164 Å². The van der Waals surface area contributed by atoms with Crippen molar-refractivity contribution in [3.8, 4) is 11.3 Å². The van der Waals surface area contributed by atoms with E-state index in [1.54, 1.807) is 0 Å². The lowest BCUT2D eigenvalue weighted by atomic mass is 9.94. The Morgan fingerprint density at radius 3 is 2.21 bits per heavy atom. The van der Waals surface area contributed by atoms with Gasteiger partial charge in [0.2, 0.25) is 0 Å². The fourth-order valence-electron chi connectivity index (χ4n) is 4.45. The number of benzene rings is 3. The maximum absolute atomic E-state index is 6.40. The quantitative estimate of drug-likeness (QED) is 0.310. The Kier molecular flexibility index (Phi) is 3.60. The van der Waals surface area contributed by atoms with Crippen molar-refractivity contribution in [1.29, 1.82) is 0 Å². The molecule has 2 aromatic heterocycles. The molecule has 0 saturated carbocycles. The predicted octanol–water partition coefficient (Wildman–Crippen LogP) is 7.34. The molecule has 0 spiro atoms. The molecule has 2 nitrogen and oxygen atoms in total. The van der Waals surface area contributed by atoms with Gasteiger partial charge in [0.05, 0.1) is 5.52 Å². The molecule has 0 radical (unpaired) electrons. The number of furan rings is 1. The Hall–Kier alpha value is -3.13.